The quantitative estimate of drug-likeness (QED) is 0.290. The minimum atomic E-state index is -0.997. The number of hydrazone groups is 1. The van der Waals surface area contributed by atoms with Gasteiger partial charge in [-0.1, -0.05) is 29.8 Å². The van der Waals surface area contributed by atoms with Gasteiger partial charge in [0.05, 0.1) is 17.5 Å². The number of benzene rings is 3. The number of para-hydroxylation sites is 1. The summed E-state index contributed by atoms with van der Waals surface area (Å²) < 4.78 is 0. The normalized spacial score (nSPS) is 10.5. The fourth-order valence-electron chi connectivity index (χ4n) is 2.58. The molecule has 0 atom stereocenters. The van der Waals surface area contributed by atoms with E-state index in [1.54, 1.807) is 42.5 Å². The predicted molar refractivity (Wildman–Crippen MR) is 118 cm³/mol. The Morgan fingerprint density at radius 1 is 0.839 bits per heavy atom. The van der Waals surface area contributed by atoms with Crippen LogP contribution in [-0.2, 0) is 9.59 Å². The van der Waals surface area contributed by atoms with Gasteiger partial charge in [0.25, 0.3) is 5.91 Å². The molecule has 0 spiro atoms. The summed E-state index contributed by atoms with van der Waals surface area (Å²) in [5.74, 6) is -2.29. The Morgan fingerprint density at radius 3 is 2.23 bits per heavy atom. The number of rotatable bonds is 5. The van der Waals surface area contributed by atoms with Crippen LogP contribution in [0.5, 0.6) is 5.75 Å². The third-order valence-corrected chi connectivity index (χ3v) is 4.21. The SMILES string of the molecule is Cc1ccc(NC(=O)c2ccccc2NC(=O)C(=O)N/N=C\c2ccc(O)cc2)cc1. The van der Waals surface area contributed by atoms with Gasteiger partial charge in [0.15, 0.2) is 0 Å². The number of hydrogen-bond acceptors (Lipinski definition) is 5. The predicted octanol–water partition coefficient (Wildman–Crippen LogP) is 3.04. The lowest BCUT2D eigenvalue weighted by Gasteiger charge is -2.11. The van der Waals surface area contributed by atoms with Crippen LogP contribution in [0, 0.1) is 6.92 Å². The molecule has 0 heterocycles. The summed E-state index contributed by atoms with van der Waals surface area (Å²) in [5.41, 5.74) is 4.80. The van der Waals surface area contributed by atoms with Crippen molar-refractivity contribution in [3.8, 4) is 5.75 Å². The van der Waals surface area contributed by atoms with Crippen LogP contribution in [0.25, 0.3) is 0 Å². The molecule has 3 aromatic rings. The second-order valence-electron chi connectivity index (χ2n) is 6.61. The summed E-state index contributed by atoms with van der Waals surface area (Å²) in [6.45, 7) is 1.94. The van der Waals surface area contributed by atoms with Crippen LogP contribution >= 0.6 is 0 Å². The Bertz CT molecular complexity index is 1120. The van der Waals surface area contributed by atoms with Crippen LogP contribution in [0.4, 0.5) is 11.4 Å². The number of phenols is 1. The number of carbonyl (C=O) groups excluding carboxylic acids is 3. The van der Waals surface area contributed by atoms with E-state index in [1.165, 1.54) is 24.4 Å². The smallest absolute Gasteiger partial charge is 0.329 e. The third-order valence-electron chi connectivity index (χ3n) is 4.21. The first-order valence-corrected chi connectivity index (χ1v) is 9.33. The van der Waals surface area contributed by atoms with E-state index < -0.39 is 17.7 Å². The fourth-order valence-corrected chi connectivity index (χ4v) is 2.58. The van der Waals surface area contributed by atoms with Gasteiger partial charge in [-0.15, -0.1) is 0 Å². The van der Waals surface area contributed by atoms with Crippen LogP contribution in [0.2, 0.25) is 0 Å². The largest absolute Gasteiger partial charge is 0.508 e. The van der Waals surface area contributed by atoms with E-state index in [1.807, 2.05) is 19.1 Å². The number of carbonyl (C=O) groups is 3. The summed E-state index contributed by atoms with van der Waals surface area (Å²) in [5, 5.41) is 18.1. The number of anilines is 2. The number of aromatic hydroxyl groups is 1. The molecule has 31 heavy (non-hydrogen) atoms. The van der Waals surface area contributed by atoms with Crippen molar-refractivity contribution in [2.24, 2.45) is 5.10 Å². The van der Waals surface area contributed by atoms with E-state index in [0.717, 1.165) is 5.56 Å². The summed E-state index contributed by atoms with van der Waals surface area (Å²) >= 11 is 0. The zero-order chi connectivity index (χ0) is 22.2. The molecule has 0 aliphatic rings. The lowest BCUT2D eigenvalue weighted by molar-refractivity contribution is -0.136. The molecule has 4 N–H and O–H groups in total. The Morgan fingerprint density at radius 2 is 1.52 bits per heavy atom. The van der Waals surface area contributed by atoms with Crippen LogP contribution < -0.4 is 16.1 Å². The molecule has 3 aromatic carbocycles. The molecule has 0 aliphatic carbocycles. The first kappa shape index (κ1) is 21.3. The van der Waals surface area contributed by atoms with Crippen LogP contribution in [0.3, 0.4) is 0 Å². The van der Waals surface area contributed by atoms with E-state index >= 15 is 0 Å². The van der Waals surface area contributed by atoms with Crippen molar-refractivity contribution < 1.29 is 19.5 Å². The van der Waals surface area contributed by atoms with E-state index in [9.17, 15) is 19.5 Å². The number of hydrogen-bond donors (Lipinski definition) is 4. The Kier molecular flexibility index (Phi) is 6.74. The first-order valence-electron chi connectivity index (χ1n) is 9.33. The van der Waals surface area contributed by atoms with Crippen molar-refractivity contribution >= 4 is 35.3 Å². The lowest BCUT2D eigenvalue weighted by atomic mass is 10.1. The maximum Gasteiger partial charge on any atom is 0.329 e. The van der Waals surface area contributed by atoms with E-state index in [-0.39, 0.29) is 17.0 Å². The standard InChI is InChI=1S/C23H20N4O4/c1-15-6-10-17(11-7-15)25-21(29)19-4-2-3-5-20(19)26-22(30)23(31)27-24-14-16-8-12-18(28)13-9-16/h2-14,28H,1H3,(H,25,29)(H,26,30)(H,27,31)/b24-14-. The van der Waals surface area contributed by atoms with Gasteiger partial charge < -0.3 is 15.7 Å². The highest BCUT2D eigenvalue weighted by Crippen LogP contribution is 2.18. The molecule has 156 valence electrons. The molecule has 0 saturated carbocycles. The van der Waals surface area contributed by atoms with Gasteiger partial charge in [-0.05, 0) is 61.0 Å². The van der Waals surface area contributed by atoms with Gasteiger partial charge in [0.2, 0.25) is 0 Å². The molecule has 3 rings (SSSR count). The zero-order valence-electron chi connectivity index (χ0n) is 16.6. The van der Waals surface area contributed by atoms with Gasteiger partial charge in [-0.3, -0.25) is 14.4 Å². The molecule has 0 aromatic heterocycles. The number of aryl methyl sites for hydroxylation is 1. The Hall–Kier alpha value is -4.46. The number of amides is 3. The minimum absolute atomic E-state index is 0.102. The highest BCUT2D eigenvalue weighted by Gasteiger charge is 2.17. The summed E-state index contributed by atoms with van der Waals surface area (Å²) in [6, 6.07) is 19.8. The molecule has 0 radical (unpaired) electrons. The highest BCUT2D eigenvalue weighted by molar-refractivity contribution is 6.40. The molecule has 3 amide bonds. The molecule has 0 aliphatic heterocycles. The van der Waals surface area contributed by atoms with Gasteiger partial charge in [-0.25, -0.2) is 5.43 Å². The van der Waals surface area contributed by atoms with Gasteiger partial charge in [0.1, 0.15) is 5.75 Å². The second kappa shape index (κ2) is 9.84. The summed E-state index contributed by atoms with van der Waals surface area (Å²) in [6.07, 6.45) is 1.33. The maximum absolute atomic E-state index is 12.6. The average molecular weight is 416 g/mol. The van der Waals surface area contributed by atoms with Crippen LogP contribution in [0.15, 0.2) is 77.9 Å². The molecular weight excluding hydrogens is 396 g/mol. The van der Waals surface area contributed by atoms with Crippen molar-refractivity contribution in [1.82, 2.24) is 5.43 Å². The molecule has 0 bridgehead atoms. The number of nitrogens with one attached hydrogen (secondary N) is 3. The second-order valence-corrected chi connectivity index (χ2v) is 6.61. The highest BCUT2D eigenvalue weighted by atomic mass is 16.3. The minimum Gasteiger partial charge on any atom is -0.508 e. The van der Waals surface area contributed by atoms with Gasteiger partial charge >= 0.3 is 11.8 Å². The van der Waals surface area contributed by atoms with Crippen LogP contribution in [-0.4, -0.2) is 29.0 Å². The molecule has 8 heteroatoms. The van der Waals surface area contributed by atoms with Crippen molar-refractivity contribution in [1.29, 1.82) is 0 Å². The van der Waals surface area contributed by atoms with Gasteiger partial charge in [0, 0.05) is 5.69 Å². The number of nitrogens with zero attached hydrogens (tertiary/aromatic N) is 1. The molecule has 0 unspecified atom stereocenters. The van der Waals surface area contributed by atoms with Gasteiger partial charge in [-0.2, -0.15) is 5.10 Å². The Labute approximate surface area is 178 Å². The fraction of sp³-hybridized carbons (Fsp3) is 0.0435. The van der Waals surface area contributed by atoms with E-state index in [2.05, 4.69) is 21.2 Å². The monoisotopic (exact) mass is 416 g/mol. The van der Waals surface area contributed by atoms with Crippen molar-refractivity contribution in [3.05, 3.63) is 89.5 Å². The van der Waals surface area contributed by atoms with Crippen molar-refractivity contribution in [2.45, 2.75) is 6.92 Å². The third kappa shape index (κ3) is 6.01. The molecule has 8 nitrogen and oxygen atoms in total. The summed E-state index contributed by atoms with van der Waals surface area (Å²) in [4.78, 5) is 36.8. The summed E-state index contributed by atoms with van der Waals surface area (Å²) in [7, 11) is 0. The van der Waals surface area contributed by atoms with Crippen molar-refractivity contribution in [3.63, 3.8) is 0 Å². The maximum atomic E-state index is 12.6. The molecular formula is C23H20N4O4. The van der Waals surface area contributed by atoms with Crippen molar-refractivity contribution in [2.75, 3.05) is 10.6 Å². The van der Waals surface area contributed by atoms with E-state index in [0.29, 0.717) is 11.3 Å². The molecule has 0 saturated heterocycles. The topological polar surface area (TPSA) is 120 Å². The number of phenolic OH excluding ortho intramolecular Hbond substituents is 1. The first-order chi connectivity index (χ1) is 14.9. The van der Waals surface area contributed by atoms with Crippen LogP contribution in [0.1, 0.15) is 21.5 Å². The molecule has 0 fully saturated rings. The Balaban J connectivity index is 1.63. The zero-order valence-corrected chi connectivity index (χ0v) is 16.6. The lowest BCUT2D eigenvalue weighted by Crippen LogP contribution is -2.33. The van der Waals surface area contributed by atoms with E-state index in [4.69, 9.17) is 0 Å². The average Bonchev–Trinajstić information content (AvgIpc) is 2.77.